The third kappa shape index (κ3) is 7.68. The SMILES string of the molecule is C=C(/C=C\C=C(/N)CCCC)Nc1nc(NC(/C=C\C)=C/c2ncc[nH]2)cc(N2CCC2)n1. The van der Waals surface area contributed by atoms with Crippen molar-refractivity contribution in [3.63, 3.8) is 0 Å². The number of nitrogens with one attached hydrogen (secondary N) is 3. The first-order chi connectivity index (χ1) is 16.1. The minimum atomic E-state index is 0.484. The van der Waals surface area contributed by atoms with Crippen molar-refractivity contribution in [1.29, 1.82) is 0 Å². The Labute approximate surface area is 196 Å². The van der Waals surface area contributed by atoms with Gasteiger partial charge in [0.05, 0.1) is 0 Å². The Bertz CT molecular complexity index is 1030. The zero-order valence-corrected chi connectivity index (χ0v) is 19.5. The first-order valence-electron chi connectivity index (χ1n) is 11.4. The molecule has 8 nitrogen and oxygen atoms in total. The fourth-order valence-electron chi connectivity index (χ4n) is 3.16. The fourth-order valence-corrected chi connectivity index (χ4v) is 3.16. The molecule has 3 heterocycles. The number of allylic oxidation sites excluding steroid dienone is 6. The van der Waals surface area contributed by atoms with Crippen molar-refractivity contribution < 1.29 is 0 Å². The minimum Gasteiger partial charge on any atom is -0.402 e. The summed E-state index contributed by atoms with van der Waals surface area (Å²) in [6.45, 7) is 10.2. The predicted octanol–water partition coefficient (Wildman–Crippen LogP) is 4.95. The van der Waals surface area contributed by atoms with Crippen LogP contribution in [0.25, 0.3) is 6.08 Å². The van der Waals surface area contributed by atoms with Crippen LogP contribution in [-0.2, 0) is 0 Å². The van der Waals surface area contributed by atoms with Crippen LogP contribution in [0.5, 0.6) is 0 Å². The molecule has 5 N–H and O–H groups in total. The quantitative estimate of drug-likeness (QED) is 0.342. The number of hydrogen-bond acceptors (Lipinski definition) is 7. The lowest BCUT2D eigenvalue weighted by atomic mass is 10.2. The lowest BCUT2D eigenvalue weighted by Gasteiger charge is -2.32. The molecule has 2 aromatic heterocycles. The van der Waals surface area contributed by atoms with E-state index in [1.165, 1.54) is 6.42 Å². The first kappa shape index (κ1) is 23.8. The molecule has 0 atom stereocenters. The predicted molar refractivity (Wildman–Crippen MR) is 138 cm³/mol. The second kappa shape index (κ2) is 12.3. The lowest BCUT2D eigenvalue weighted by molar-refractivity contribution is 0.609. The van der Waals surface area contributed by atoms with E-state index in [1.807, 2.05) is 49.4 Å². The lowest BCUT2D eigenvalue weighted by Crippen LogP contribution is -2.37. The van der Waals surface area contributed by atoms with Crippen LogP contribution >= 0.6 is 0 Å². The van der Waals surface area contributed by atoms with Crippen LogP contribution in [-0.4, -0.2) is 33.0 Å². The van der Waals surface area contributed by atoms with Crippen molar-refractivity contribution in [1.82, 2.24) is 19.9 Å². The molecule has 1 saturated heterocycles. The van der Waals surface area contributed by atoms with Gasteiger partial charge in [-0.15, -0.1) is 0 Å². The molecule has 0 bridgehead atoms. The maximum atomic E-state index is 6.02. The van der Waals surface area contributed by atoms with Gasteiger partial charge in [0.1, 0.15) is 17.5 Å². The molecule has 33 heavy (non-hydrogen) atoms. The van der Waals surface area contributed by atoms with Gasteiger partial charge in [0.25, 0.3) is 0 Å². The second-order valence-electron chi connectivity index (χ2n) is 7.83. The smallest absolute Gasteiger partial charge is 0.231 e. The number of hydrogen-bond donors (Lipinski definition) is 4. The first-order valence-corrected chi connectivity index (χ1v) is 11.4. The Morgan fingerprint density at radius 1 is 1.27 bits per heavy atom. The number of unbranched alkanes of at least 4 members (excludes halogenated alkanes) is 1. The van der Waals surface area contributed by atoms with Crippen LogP contribution < -0.4 is 21.3 Å². The average molecular weight is 447 g/mol. The summed E-state index contributed by atoms with van der Waals surface area (Å²) >= 11 is 0. The van der Waals surface area contributed by atoms with Gasteiger partial charge in [-0.25, -0.2) is 4.98 Å². The van der Waals surface area contributed by atoms with Gasteiger partial charge in [-0.1, -0.05) is 32.1 Å². The summed E-state index contributed by atoms with van der Waals surface area (Å²) in [5, 5.41) is 6.57. The van der Waals surface area contributed by atoms with Crippen LogP contribution in [0.1, 0.15) is 45.4 Å². The molecule has 3 rings (SSSR count). The Balaban J connectivity index is 1.76. The molecule has 0 spiro atoms. The van der Waals surface area contributed by atoms with Crippen molar-refractivity contribution >= 4 is 23.7 Å². The van der Waals surface area contributed by atoms with Gasteiger partial charge in [0.15, 0.2) is 0 Å². The second-order valence-corrected chi connectivity index (χ2v) is 7.83. The zero-order chi connectivity index (χ0) is 23.5. The Kier molecular flexibility index (Phi) is 8.88. The monoisotopic (exact) mass is 446 g/mol. The Morgan fingerprint density at radius 2 is 2.12 bits per heavy atom. The number of rotatable bonds is 12. The molecule has 1 aliphatic rings. The van der Waals surface area contributed by atoms with E-state index in [4.69, 9.17) is 5.73 Å². The maximum absolute atomic E-state index is 6.02. The summed E-state index contributed by atoms with van der Waals surface area (Å²) in [6.07, 6.45) is 19.3. The summed E-state index contributed by atoms with van der Waals surface area (Å²) in [4.78, 5) is 18.9. The number of imidazole rings is 1. The minimum absolute atomic E-state index is 0.484. The van der Waals surface area contributed by atoms with E-state index in [2.05, 4.69) is 49.0 Å². The summed E-state index contributed by atoms with van der Waals surface area (Å²) in [6, 6.07) is 1.96. The molecule has 0 radical (unpaired) electrons. The molecule has 2 aromatic rings. The molecular formula is C25H34N8. The molecule has 174 valence electrons. The van der Waals surface area contributed by atoms with Gasteiger partial charge in [-0.05, 0) is 44.4 Å². The van der Waals surface area contributed by atoms with E-state index in [0.717, 1.165) is 55.4 Å². The number of H-pyrrole nitrogens is 1. The van der Waals surface area contributed by atoms with Crippen LogP contribution in [0.3, 0.4) is 0 Å². The summed E-state index contributed by atoms with van der Waals surface area (Å²) in [7, 11) is 0. The van der Waals surface area contributed by atoms with Gasteiger partial charge in [0.2, 0.25) is 5.95 Å². The molecular weight excluding hydrogens is 412 g/mol. The highest BCUT2D eigenvalue weighted by Crippen LogP contribution is 2.24. The van der Waals surface area contributed by atoms with E-state index >= 15 is 0 Å². The number of nitrogens with zero attached hydrogens (tertiary/aromatic N) is 4. The van der Waals surface area contributed by atoms with E-state index in [1.54, 1.807) is 12.4 Å². The van der Waals surface area contributed by atoms with Crippen molar-refractivity contribution in [2.45, 2.75) is 39.5 Å². The van der Waals surface area contributed by atoms with Crippen LogP contribution in [0.15, 0.2) is 72.5 Å². The van der Waals surface area contributed by atoms with Crippen molar-refractivity contribution in [2.24, 2.45) is 5.73 Å². The summed E-state index contributed by atoms with van der Waals surface area (Å²) < 4.78 is 0. The molecule has 1 fully saturated rings. The van der Waals surface area contributed by atoms with E-state index in [9.17, 15) is 0 Å². The maximum Gasteiger partial charge on any atom is 0.231 e. The van der Waals surface area contributed by atoms with Crippen LogP contribution in [0.4, 0.5) is 17.6 Å². The molecule has 8 heteroatoms. The third-order valence-corrected chi connectivity index (χ3v) is 5.02. The Hall–Kier alpha value is -3.81. The van der Waals surface area contributed by atoms with Crippen LogP contribution in [0.2, 0.25) is 0 Å². The number of aromatic nitrogens is 4. The molecule has 1 aliphatic heterocycles. The van der Waals surface area contributed by atoms with Gasteiger partial charge >= 0.3 is 0 Å². The number of anilines is 3. The average Bonchev–Trinajstić information content (AvgIpc) is 3.24. The largest absolute Gasteiger partial charge is 0.402 e. The molecule has 0 aromatic carbocycles. The Morgan fingerprint density at radius 3 is 2.79 bits per heavy atom. The van der Waals surface area contributed by atoms with E-state index < -0.39 is 0 Å². The van der Waals surface area contributed by atoms with Gasteiger partial charge in [0, 0.05) is 54.7 Å². The molecule has 0 amide bonds. The number of aromatic amines is 1. The van der Waals surface area contributed by atoms with Gasteiger partial charge in [-0.2, -0.15) is 9.97 Å². The highest BCUT2D eigenvalue weighted by atomic mass is 15.3. The zero-order valence-electron chi connectivity index (χ0n) is 19.5. The normalized spacial score (nSPS) is 14.7. The van der Waals surface area contributed by atoms with E-state index in [-0.39, 0.29) is 0 Å². The van der Waals surface area contributed by atoms with E-state index in [0.29, 0.717) is 17.5 Å². The van der Waals surface area contributed by atoms with Crippen molar-refractivity contribution in [2.75, 3.05) is 28.6 Å². The van der Waals surface area contributed by atoms with Crippen molar-refractivity contribution in [3.8, 4) is 0 Å². The topological polar surface area (TPSA) is 108 Å². The molecule has 0 unspecified atom stereocenters. The number of nitrogens with two attached hydrogens (primary N) is 1. The highest BCUT2D eigenvalue weighted by Gasteiger charge is 2.18. The van der Waals surface area contributed by atoms with Crippen LogP contribution in [0, 0.1) is 0 Å². The highest BCUT2D eigenvalue weighted by molar-refractivity contribution is 5.62. The standard InChI is InChI=1S/C25H34N8/c1-4-6-11-20(26)12-7-10-19(3)29-25-31-23(18-24(32-25)33-15-8-16-33)30-21(9-5-2)17-22-27-13-14-28-22/h5,7,9-10,12-14,17-18H,3-4,6,8,11,15-16,26H2,1-2H3,(H,27,28)(H2,29,30,31,32)/b9-5-,10-7-,20-12-,21-17+. The summed E-state index contributed by atoms with van der Waals surface area (Å²) in [5.41, 5.74) is 8.42. The van der Waals surface area contributed by atoms with Gasteiger partial charge < -0.3 is 26.3 Å². The third-order valence-electron chi connectivity index (χ3n) is 5.02. The molecule has 0 saturated carbocycles. The molecule has 0 aliphatic carbocycles. The summed E-state index contributed by atoms with van der Waals surface area (Å²) in [5.74, 6) is 2.80. The fraction of sp³-hybridized carbons (Fsp3) is 0.320. The van der Waals surface area contributed by atoms with Crippen molar-refractivity contribution in [3.05, 3.63) is 78.3 Å². The van der Waals surface area contributed by atoms with Gasteiger partial charge in [-0.3, -0.25) is 0 Å².